The van der Waals surface area contributed by atoms with Crippen molar-refractivity contribution in [1.82, 2.24) is 9.78 Å². The number of thioether (sulfide) groups is 1. The predicted octanol–water partition coefficient (Wildman–Crippen LogP) is 5.14. The lowest BCUT2D eigenvalue weighted by Gasteiger charge is -2.57. The van der Waals surface area contributed by atoms with Gasteiger partial charge in [0.05, 0.1) is 18.3 Å². The molecule has 1 aromatic rings. The number of ketones is 1. The molecule has 4 fully saturated rings. The van der Waals surface area contributed by atoms with Crippen LogP contribution in [0.1, 0.15) is 65.2 Å². The SMILES string of the molecule is CSc1cnn(CC(=O)[C@H]2CC[C@H]3[C@@H]4C[C@@H](F)[C@@H]5C[C@](C)(O)CC[C@@H]5[C@H]4CC[C@]23C)c1. The summed E-state index contributed by atoms with van der Waals surface area (Å²) in [6, 6.07) is 0. The summed E-state index contributed by atoms with van der Waals surface area (Å²) in [6.45, 7) is 4.56. The predicted molar refractivity (Wildman–Crippen MR) is 121 cm³/mol. The fourth-order valence-corrected chi connectivity index (χ4v) is 8.72. The molecule has 0 spiro atoms. The van der Waals surface area contributed by atoms with Crippen LogP contribution in [0.3, 0.4) is 0 Å². The molecule has 4 saturated carbocycles. The molecule has 0 amide bonds. The number of fused-ring (bicyclic) bond motifs is 5. The molecule has 0 aromatic carbocycles. The molecule has 5 rings (SSSR count). The number of hydrogen-bond acceptors (Lipinski definition) is 4. The van der Waals surface area contributed by atoms with Crippen LogP contribution < -0.4 is 0 Å². The Morgan fingerprint density at radius 3 is 2.68 bits per heavy atom. The number of carbonyl (C=O) groups excluding carboxylic acids is 1. The molecule has 1 aromatic heterocycles. The lowest BCUT2D eigenvalue weighted by Crippen LogP contribution is -2.54. The fraction of sp³-hybridized carbons (Fsp3) is 0.840. The van der Waals surface area contributed by atoms with Crippen LogP contribution in [0.5, 0.6) is 0 Å². The van der Waals surface area contributed by atoms with Gasteiger partial charge in [0.1, 0.15) is 6.17 Å². The van der Waals surface area contributed by atoms with E-state index in [1.807, 2.05) is 25.6 Å². The standard InChI is InChI=1S/C25H37FN2O2S/c1-24(30)8-6-17-16-7-9-25(2)20(18(16)10-22(26)19(17)11-24)4-5-21(25)23(29)14-28-13-15(31-3)12-27-28/h12-13,16-22,30H,4-11,14H2,1-3H3/t16-,17-,18-,19-,20+,21-,22-,24-,25+/m1/s1. The molecule has 0 unspecified atom stereocenters. The van der Waals surface area contributed by atoms with Crippen LogP contribution in [0.15, 0.2) is 17.3 Å². The first-order chi connectivity index (χ1) is 14.7. The van der Waals surface area contributed by atoms with Crippen molar-refractivity contribution in [3.8, 4) is 0 Å². The molecule has 1 heterocycles. The van der Waals surface area contributed by atoms with Crippen molar-refractivity contribution < 1.29 is 14.3 Å². The maximum Gasteiger partial charge on any atom is 0.157 e. The molecule has 0 saturated heterocycles. The van der Waals surface area contributed by atoms with Crippen molar-refractivity contribution >= 4 is 17.5 Å². The lowest BCUT2D eigenvalue weighted by molar-refractivity contribution is -0.139. The number of halogens is 1. The van der Waals surface area contributed by atoms with E-state index in [1.165, 1.54) is 0 Å². The van der Waals surface area contributed by atoms with E-state index in [-0.39, 0.29) is 17.3 Å². The molecule has 31 heavy (non-hydrogen) atoms. The van der Waals surface area contributed by atoms with Crippen molar-refractivity contribution in [2.75, 3.05) is 6.26 Å². The zero-order valence-electron chi connectivity index (χ0n) is 19.1. The summed E-state index contributed by atoms with van der Waals surface area (Å²) in [4.78, 5) is 14.4. The van der Waals surface area contributed by atoms with Crippen molar-refractivity contribution in [3.63, 3.8) is 0 Å². The summed E-state index contributed by atoms with van der Waals surface area (Å²) in [5, 5.41) is 14.9. The molecule has 0 aliphatic heterocycles. The molecular formula is C25H37FN2O2S. The topological polar surface area (TPSA) is 55.1 Å². The minimum Gasteiger partial charge on any atom is -0.390 e. The van der Waals surface area contributed by atoms with E-state index in [4.69, 9.17) is 0 Å². The molecule has 1 N–H and O–H groups in total. The second-order valence-corrected chi connectivity index (χ2v) is 12.4. The largest absolute Gasteiger partial charge is 0.390 e. The third-order valence-electron chi connectivity index (χ3n) is 9.80. The Balaban J connectivity index is 1.32. The van der Waals surface area contributed by atoms with Crippen LogP contribution in [0.25, 0.3) is 0 Å². The highest BCUT2D eigenvalue weighted by atomic mass is 32.2. The Morgan fingerprint density at radius 1 is 1.19 bits per heavy atom. The quantitative estimate of drug-likeness (QED) is 0.648. The summed E-state index contributed by atoms with van der Waals surface area (Å²) in [5.74, 6) is 2.27. The molecular weight excluding hydrogens is 411 g/mol. The van der Waals surface area contributed by atoms with E-state index in [2.05, 4.69) is 12.0 Å². The Morgan fingerprint density at radius 2 is 1.94 bits per heavy atom. The van der Waals surface area contributed by atoms with Crippen LogP contribution in [0, 0.1) is 40.9 Å². The van der Waals surface area contributed by atoms with E-state index in [0.29, 0.717) is 48.8 Å². The van der Waals surface area contributed by atoms with E-state index in [1.54, 1.807) is 16.4 Å². The van der Waals surface area contributed by atoms with Crippen LogP contribution >= 0.6 is 11.8 Å². The van der Waals surface area contributed by atoms with Gasteiger partial charge < -0.3 is 5.11 Å². The van der Waals surface area contributed by atoms with Crippen LogP contribution in [-0.2, 0) is 11.3 Å². The molecule has 0 bridgehead atoms. The number of aliphatic hydroxyl groups is 1. The molecule has 172 valence electrons. The van der Waals surface area contributed by atoms with Gasteiger partial charge in [-0.1, -0.05) is 6.92 Å². The van der Waals surface area contributed by atoms with Crippen molar-refractivity contribution in [1.29, 1.82) is 0 Å². The zero-order valence-corrected chi connectivity index (χ0v) is 19.9. The minimum absolute atomic E-state index is 0.000452. The first-order valence-electron chi connectivity index (χ1n) is 12.2. The van der Waals surface area contributed by atoms with Crippen molar-refractivity contribution in [2.45, 2.75) is 88.4 Å². The van der Waals surface area contributed by atoms with E-state index in [9.17, 15) is 9.90 Å². The number of alkyl halides is 1. The van der Waals surface area contributed by atoms with Gasteiger partial charge in [-0.2, -0.15) is 5.10 Å². The van der Waals surface area contributed by atoms with Gasteiger partial charge in [0.15, 0.2) is 5.78 Å². The molecule has 6 heteroatoms. The maximum atomic E-state index is 15.4. The van der Waals surface area contributed by atoms with Gasteiger partial charge >= 0.3 is 0 Å². The first-order valence-corrected chi connectivity index (χ1v) is 13.4. The highest BCUT2D eigenvalue weighted by Crippen LogP contribution is 2.65. The van der Waals surface area contributed by atoms with Gasteiger partial charge in [0, 0.05) is 17.0 Å². The highest BCUT2D eigenvalue weighted by molar-refractivity contribution is 7.98. The number of carbonyl (C=O) groups is 1. The van der Waals surface area contributed by atoms with Crippen molar-refractivity contribution in [2.24, 2.45) is 40.9 Å². The molecule has 4 aliphatic rings. The van der Waals surface area contributed by atoms with E-state index >= 15 is 4.39 Å². The Bertz CT molecular complexity index is 841. The number of Topliss-reactive ketones (excluding diaryl/α,β-unsaturated/α-hetero) is 1. The lowest BCUT2D eigenvalue weighted by atomic mass is 9.48. The normalized spacial score (nSPS) is 46.8. The second-order valence-electron chi connectivity index (χ2n) is 11.5. The average molecular weight is 449 g/mol. The number of rotatable bonds is 4. The molecule has 0 radical (unpaired) electrons. The molecule has 9 atom stereocenters. The number of aromatic nitrogens is 2. The summed E-state index contributed by atoms with van der Waals surface area (Å²) < 4.78 is 17.2. The third kappa shape index (κ3) is 3.70. The second kappa shape index (κ2) is 7.86. The first kappa shape index (κ1) is 21.9. The van der Waals surface area contributed by atoms with Gasteiger partial charge in [0.2, 0.25) is 0 Å². The zero-order chi connectivity index (χ0) is 22.0. The third-order valence-corrected chi connectivity index (χ3v) is 10.5. The monoisotopic (exact) mass is 448 g/mol. The number of hydrogen-bond donors (Lipinski definition) is 1. The van der Waals surface area contributed by atoms with Gasteiger partial charge in [0.25, 0.3) is 0 Å². The minimum atomic E-state index is -0.802. The van der Waals surface area contributed by atoms with Crippen LogP contribution in [-0.4, -0.2) is 38.7 Å². The van der Waals surface area contributed by atoms with Crippen LogP contribution in [0.2, 0.25) is 0 Å². The van der Waals surface area contributed by atoms with Crippen LogP contribution in [0.4, 0.5) is 4.39 Å². The summed E-state index contributed by atoms with van der Waals surface area (Å²) >= 11 is 1.64. The average Bonchev–Trinajstić information content (AvgIpc) is 3.31. The maximum absolute atomic E-state index is 15.4. The summed E-state index contributed by atoms with van der Waals surface area (Å²) in [7, 11) is 0. The van der Waals surface area contributed by atoms with Gasteiger partial charge in [-0.3, -0.25) is 9.48 Å². The van der Waals surface area contributed by atoms with Gasteiger partial charge in [-0.25, -0.2) is 4.39 Å². The van der Waals surface area contributed by atoms with Gasteiger partial charge in [-0.05, 0) is 99.6 Å². The van der Waals surface area contributed by atoms with Gasteiger partial charge in [-0.15, -0.1) is 11.8 Å². The molecule has 4 aliphatic carbocycles. The Kier molecular flexibility index (Phi) is 5.56. The number of nitrogens with zero attached hydrogens (tertiary/aromatic N) is 2. The fourth-order valence-electron chi connectivity index (χ4n) is 8.34. The van der Waals surface area contributed by atoms with E-state index < -0.39 is 11.8 Å². The summed E-state index contributed by atoms with van der Waals surface area (Å²) in [6.07, 6.45) is 12.2. The van der Waals surface area contributed by atoms with E-state index in [0.717, 1.165) is 43.4 Å². The smallest absolute Gasteiger partial charge is 0.157 e. The Hall–Kier alpha value is -0.880. The highest BCUT2D eigenvalue weighted by Gasteiger charge is 2.60. The summed E-state index contributed by atoms with van der Waals surface area (Å²) in [5.41, 5.74) is -0.699. The molecule has 4 nitrogen and oxygen atoms in total. The Labute approximate surface area is 189 Å². The van der Waals surface area contributed by atoms with Crippen molar-refractivity contribution in [3.05, 3.63) is 12.4 Å².